The lowest BCUT2D eigenvalue weighted by Crippen LogP contribution is -2.20. The van der Waals surface area contributed by atoms with Crippen molar-refractivity contribution in [3.8, 4) is 11.5 Å². The first-order chi connectivity index (χ1) is 15.4. The number of ether oxygens (including phenoxy) is 2. The number of halogens is 2. The maximum Gasteiger partial charge on any atom is 0.288 e. The summed E-state index contributed by atoms with van der Waals surface area (Å²) in [6.45, 7) is -0.203. The number of alkyl halides is 2. The maximum atomic E-state index is 12.4. The van der Waals surface area contributed by atoms with Crippen LogP contribution in [0.5, 0.6) is 11.5 Å². The Hall–Kier alpha value is -3.59. The van der Waals surface area contributed by atoms with E-state index in [1.54, 1.807) is 67.8 Å². The van der Waals surface area contributed by atoms with E-state index in [0.29, 0.717) is 45.1 Å². The number of anilines is 2. The van der Waals surface area contributed by atoms with E-state index < -0.39 is 5.76 Å². The van der Waals surface area contributed by atoms with E-state index in [1.807, 2.05) is 0 Å². The fourth-order valence-corrected chi connectivity index (χ4v) is 3.17. The van der Waals surface area contributed by atoms with Gasteiger partial charge in [-0.1, -0.05) is 17.8 Å². The van der Waals surface area contributed by atoms with Gasteiger partial charge in [-0.25, -0.2) is 0 Å². The number of amides is 2. The summed E-state index contributed by atoms with van der Waals surface area (Å²) in [5.41, 5.74) is 1.46. The van der Waals surface area contributed by atoms with Gasteiger partial charge in [-0.15, -0.1) is 0 Å². The molecular formula is C23H20F2N2O4S. The van der Waals surface area contributed by atoms with Crippen LogP contribution in [0.1, 0.15) is 10.4 Å². The molecule has 0 saturated carbocycles. The highest BCUT2D eigenvalue weighted by Crippen LogP contribution is 2.26. The van der Waals surface area contributed by atoms with Gasteiger partial charge in [0, 0.05) is 27.9 Å². The Bertz CT molecular complexity index is 1060. The molecular weight excluding hydrogens is 438 g/mol. The zero-order valence-corrected chi connectivity index (χ0v) is 17.8. The Kier molecular flexibility index (Phi) is 8.04. The minimum absolute atomic E-state index is 0.203. The average Bonchev–Trinajstić information content (AvgIpc) is 2.79. The lowest BCUT2D eigenvalue weighted by Gasteiger charge is -2.10. The molecule has 0 aliphatic heterocycles. The number of carbonyl (C=O) groups is 2. The highest BCUT2D eigenvalue weighted by Gasteiger charge is 2.09. The van der Waals surface area contributed by atoms with Crippen LogP contribution in [0.15, 0.2) is 77.7 Å². The van der Waals surface area contributed by atoms with Gasteiger partial charge in [0.05, 0.1) is 7.11 Å². The molecule has 0 spiro atoms. The molecule has 0 saturated heterocycles. The predicted octanol–water partition coefficient (Wildman–Crippen LogP) is 5.28. The van der Waals surface area contributed by atoms with E-state index >= 15 is 0 Å². The highest BCUT2D eigenvalue weighted by atomic mass is 32.2. The molecule has 3 aromatic rings. The van der Waals surface area contributed by atoms with Gasteiger partial charge in [-0.05, 0) is 60.7 Å². The average molecular weight is 458 g/mol. The molecule has 6 nitrogen and oxygen atoms in total. The first-order valence-corrected chi connectivity index (χ1v) is 10.3. The molecule has 0 radical (unpaired) electrons. The smallest absolute Gasteiger partial charge is 0.288 e. The molecule has 2 N–H and O–H groups in total. The van der Waals surface area contributed by atoms with Crippen molar-refractivity contribution in [1.29, 1.82) is 0 Å². The molecule has 2 amide bonds. The van der Waals surface area contributed by atoms with Gasteiger partial charge in [0.2, 0.25) is 0 Å². The number of thioether (sulfide) groups is 1. The summed E-state index contributed by atoms with van der Waals surface area (Å²) in [6, 6.07) is 19.4. The second kappa shape index (κ2) is 11.1. The summed E-state index contributed by atoms with van der Waals surface area (Å²) >= 11 is 0.438. The van der Waals surface area contributed by atoms with Crippen LogP contribution in [0.25, 0.3) is 0 Å². The third-order valence-electron chi connectivity index (χ3n) is 4.18. The molecule has 0 fully saturated rings. The summed E-state index contributed by atoms with van der Waals surface area (Å²) in [7, 11) is 1.54. The fraction of sp³-hybridized carbons (Fsp3) is 0.130. The minimum Gasteiger partial charge on any atom is -0.497 e. The summed E-state index contributed by atoms with van der Waals surface area (Å²) in [5, 5.41) is 5.40. The van der Waals surface area contributed by atoms with Crippen molar-refractivity contribution in [2.45, 2.75) is 10.7 Å². The third-order valence-corrected chi connectivity index (χ3v) is 4.90. The number of methoxy groups -OCH3 is 1. The van der Waals surface area contributed by atoms with Gasteiger partial charge in [0.15, 0.2) is 6.61 Å². The SMILES string of the molecule is COc1cccc(NC(=O)COc2ccc(C(=O)Nc3ccc(SC(F)F)cc3)cc2)c1. The Morgan fingerprint density at radius 1 is 0.906 bits per heavy atom. The number of hydrogen-bond donors (Lipinski definition) is 2. The van der Waals surface area contributed by atoms with Gasteiger partial charge in [-0.2, -0.15) is 8.78 Å². The van der Waals surface area contributed by atoms with E-state index in [0.717, 1.165) is 0 Å². The largest absolute Gasteiger partial charge is 0.497 e. The molecule has 166 valence electrons. The second-order valence-electron chi connectivity index (χ2n) is 6.45. The summed E-state index contributed by atoms with van der Waals surface area (Å²) in [6.07, 6.45) is 0. The molecule has 0 heterocycles. The zero-order valence-electron chi connectivity index (χ0n) is 17.0. The molecule has 0 aromatic heterocycles. The van der Waals surface area contributed by atoms with Gasteiger partial charge in [-0.3, -0.25) is 9.59 Å². The third kappa shape index (κ3) is 6.98. The van der Waals surface area contributed by atoms with Crippen LogP contribution < -0.4 is 20.1 Å². The van der Waals surface area contributed by atoms with E-state index in [4.69, 9.17) is 9.47 Å². The van der Waals surface area contributed by atoms with Crippen LogP contribution in [0.3, 0.4) is 0 Å². The Balaban J connectivity index is 1.49. The lowest BCUT2D eigenvalue weighted by molar-refractivity contribution is -0.118. The number of rotatable bonds is 9. The quantitative estimate of drug-likeness (QED) is 0.427. The molecule has 3 rings (SSSR count). The van der Waals surface area contributed by atoms with Crippen molar-refractivity contribution in [3.05, 3.63) is 78.4 Å². The monoisotopic (exact) mass is 458 g/mol. The molecule has 0 bridgehead atoms. The molecule has 0 aliphatic rings. The first-order valence-electron chi connectivity index (χ1n) is 9.46. The first kappa shape index (κ1) is 23.1. The molecule has 9 heteroatoms. The van der Waals surface area contributed by atoms with Crippen molar-refractivity contribution >= 4 is 35.0 Å². The van der Waals surface area contributed by atoms with Crippen LogP contribution >= 0.6 is 11.8 Å². The number of hydrogen-bond acceptors (Lipinski definition) is 5. The molecule has 0 unspecified atom stereocenters. The zero-order chi connectivity index (χ0) is 22.9. The molecule has 0 atom stereocenters. The van der Waals surface area contributed by atoms with Crippen LogP contribution in [-0.2, 0) is 4.79 Å². The van der Waals surface area contributed by atoms with Crippen molar-refractivity contribution in [2.24, 2.45) is 0 Å². The maximum absolute atomic E-state index is 12.4. The predicted molar refractivity (Wildman–Crippen MR) is 120 cm³/mol. The minimum atomic E-state index is -2.50. The Morgan fingerprint density at radius 2 is 1.62 bits per heavy atom. The standard InChI is InChI=1S/C23H20F2N2O4S/c1-30-19-4-2-3-17(13-19)26-21(28)14-31-18-9-5-15(6-10-18)22(29)27-16-7-11-20(12-8-16)32-23(24)25/h2-13,23H,14H2,1H3,(H,26,28)(H,27,29). The van der Waals surface area contributed by atoms with Crippen molar-refractivity contribution in [1.82, 2.24) is 0 Å². The van der Waals surface area contributed by atoms with E-state index in [9.17, 15) is 18.4 Å². The van der Waals surface area contributed by atoms with Crippen LogP contribution in [0.2, 0.25) is 0 Å². The van der Waals surface area contributed by atoms with E-state index in [1.165, 1.54) is 12.1 Å². The van der Waals surface area contributed by atoms with Gasteiger partial charge in [0.1, 0.15) is 11.5 Å². The normalized spacial score (nSPS) is 10.5. The highest BCUT2D eigenvalue weighted by molar-refractivity contribution is 7.99. The van der Waals surface area contributed by atoms with Gasteiger partial charge < -0.3 is 20.1 Å². The van der Waals surface area contributed by atoms with E-state index in [-0.39, 0.29) is 18.4 Å². The fourth-order valence-electron chi connectivity index (χ4n) is 2.67. The summed E-state index contributed by atoms with van der Waals surface area (Å²) in [5.74, 6) is -2.14. The molecule has 3 aromatic carbocycles. The molecule has 32 heavy (non-hydrogen) atoms. The Morgan fingerprint density at radius 3 is 2.28 bits per heavy atom. The second-order valence-corrected chi connectivity index (χ2v) is 7.51. The molecule has 0 aliphatic carbocycles. The number of nitrogens with one attached hydrogen (secondary N) is 2. The summed E-state index contributed by atoms with van der Waals surface area (Å²) < 4.78 is 35.3. The Labute approximate surface area is 187 Å². The number of benzene rings is 3. The van der Waals surface area contributed by atoms with E-state index in [2.05, 4.69) is 10.6 Å². The van der Waals surface area contributed by atoms with Crippen LogP contribution in [0.4, 0.5) is 20.2 Å². The van der Waals surface area contributed by atoms with Crippen molar-refractivity contribution < 1.29 is 27.8 Å². The number of carbonyl (C=O) groups excluding carboxylic acids is 2. The topological polar surface area (TPSA) is 76.7 Å². The van der Waals surface area contributed by atoms with Gasteiger partial charge in [0.25, 0.3) is 17.6 Å². The van der Waals surface area contributed by atoms with Crippen molar-refractivity contribution in [3.63, 3.8) is 0 Å². The lowest BCUT2D eigenvalue weighted by atomic mass is 10.2. The summed E-state index contributed by atoms with van der Waals surface area (Å²) in [4.78, 5) is 24.8. The van der Waals surface area contributed by atoms with Crippen LogP contribution in [0, 0.1) is 0 Å². The van der Waals surface area contributed by atoms with Gasteiger partial charge >= 0.3 is 0 Å². The van der Waals surface area contributed by atoms with Crippen LogP contribution in [-0.4, -0.2) is 31.3 Å². The van der Waals surface area contributed by atoms with Crippen molar-refractivity contribution in [2.75, 3.05) is 24.4 Å².